The fraction of sp³-hybridized carbons (Fsp3) is 0.333. The van der Waals surface area contributed by atoms with E-state index >= 15 is 0 Å². The minimum atomic E-state index is 0.217. The molecule has 0 atom stereocenters. The molecule has 0 aliphatic heterocycles. The summed E-state index contributed by atoms with van der Waals surface area (Å²) in [5.41, 5.74) is 0.810. The van der Waals surface area contributed by atoms with Crippen LogP contribution in [0, 0.1) is 10.7 Å². The molecule has 4 heteroatoms. The van der Waals surface area contributed by atoms with Crippen LogP contribution in [0.3, 0.4) is 0 Å². The summed E-state index contributed by atoms with van der Waals surface area (Å²) in [6, 6.07) is 9.42. The van der Waals surface area contributed by atoms with E-state index in [0.717, 1.165) is 12.1 Å². The molecule has 0 aliphatic rings. The molecule has 0 saturated heterocycles. The molecule has 1 aromatic rings. The summed E-state index contributed by atoms with van der Waals surface area (Å²) in [6.07, 6.45) is 0.594. The maximum Gasteiger partial charge on any atom is 0.164 e. The molecule has 0 saturated carbocycles. The maximum atomic E-state index is 11.5. The zero-order valence-electron chi connectivity index (χ0n) is 9.55. The predicted octanol–water partition coefficient (Wildman–Crippen LogP) is 2.22. The molecule has 3 nitrogen and oxygen atoms in total. The summed E-state index contributed by atoms with van der Waals surface area (Å²) in [5, 5.41) is 8.63. The van der Waals surface area contributed by atoms with Crippen molar-refractivity contribution in [3.63, 3.8) is 0 Å². The van der Waals surface area contributed by atoms with Gasteiger partial charge in [0, 0.05) is 18.5 Å². The fourth-order valence-electron chi connectivity index (χ4n) is 1.09. The number of thiol groups is 1. The van der Waals surface area contributed by atoms with Gasteiger partial charge in [0.15, 0.2) is 5.78 Å². The molecule has 0 unspecified atom stereocenters. The number of nitriles is 1. The van der Waals surface area contributed by atoms with Gasteiger partial charge in [0.1, 0.15) is 5.40 Å². The van der Waals surface area contributed by atoms with Crippen LogP contribution in [0.4, 0.5) is 0 Å². The third-order valence-corrected chi connectivity index (χ3v) is 1.88. The Hall–Kier alpha value is -1.31. The number of nitrogens with zero attached hydrogens (tertiary/aromatic N) is 2. The lowest BCUT2D eigenvalue weighted by molar-refractivity contribution is 0.0972. The smallest absolute Gasteiger partial charge is 0.164 e. The van der Waals surface area contributed by atoms with Crippen molar-refractivity contribution < 1.29 is 4.79 Å². The zero-order chi connectivity index (χ0) is 12.4. The van der Waals surface area contributed by atoms with Gasteiger partial charge >= 0.3 is 0 Å². The van der Waals surface area contributed by atoms with Crippen LogP contribution >= 0.6 is 12.6 Å². The van der Waals surface area contributed by atoms with E-state index in [1.54, 1.807) is 0 Å². The minimum absolute atomic E-state index is 0.217. The Balaban J connectivity index is 0.000000673. The third-order valence-electron chi connectivity index (χ3n) is 1.88. The lowest BCUT2D eigenvalue weighted by atomic mass is 10.1. The number of ketones is 1. The van der Waals surface area contributed by atoms with E-state index in [9.17, 15) is 4.79 Å². The van der Waals surface area contributed by atoms with Crippen LogP contribution in [0.25, 0.3) is 0 Å². The highest BCUT2D eigenvalue weighted by Gasteiger charge is 2.04. The van der Waals surface area contributed by atoms with Gasteiger partial charge in [-0.1, -0.05) is 43.0 Å². The Bertz CT molecular complexity index is 344. The molecule has 1 rings (SSSR count). The molecule has 16 heavy (non-hydrogen) atoms. The number of hydrogen-bond acceptors (Lipinski definition) is 4. The highest BCUT2D eigenvalue weighted by Crippen LogP contribution is 2.02. The van der Waals surface area contributed by atoms with E-state index in [4.69, 9.17) is 5.26 Å². The van der Waals surface area contributed by atoms with Gasteiger partial charge in [-0.15, -0.1) is 0 Å². The van der Waals surface area contributed by atoms with Crippen molar-refractivity contribution in [3.05, 3.63) is 35.9 Å². The van der Waals surface area contributed by atoms with Gasteiger partial charge in [0.2, 0.25) is 0 Å². The molecule has 0 bridgehead atoms. The molecule has 0 heterocycles. The highest BCUT2D eigenvalue weighted by molar-refractivity contribution is 7.85. The first-order valence-electron chi connectivity index (χ1n) is 4.88. The van der Waals surface area contributed by atoms with E-state index in [1.807, 2.05) is 49.3 Å². The highest BCUT2D eigenvalue weighted by atomic mass is 32.1. The Labute approximate surface area is 102 Å². The summed E-state index contributed by atoms with van der Waals surface area (Å²) >= 11 is 3.09. The molecule has 0 amide bonds. The number of carbonyl (C=O) groups excluding carboxylic acids is 1. The summed E-state index contributed by atoms with van der Waals surface area (Å²) in [4.78, 5) is 13.5. The third kappa shape index (κ3) is 7.04. The number of carbonyl (C=O) groups is 1. The second kappa shape index (κ2) is 8.96. The van der Waals surface area contributed by atoms with Crippen molar-refractivity contribution in [1.29, 1.82) is 5.26 Å². The average Bonchev–Trinajstić information content (AvgIpc) is 2.28. The minimum Gasteiger partial charge on any atom is -0.309 e. The number of benzene rings is 1. The van der Waals surface area contributed by atoms with Gasteiger partial charge in [-0.25, -0.2) is 0 Å². The van der Waals surface area contributed by atoms with Gasteiger partial charge in [-0.3, -0.25) is 4.79 Å². The molecule has 86 valence electrons. The average molecular weight is 236 g/mol. The van der Waals surface area contributed by atoms with Gasteiger partial charge in [0.25, 0.3) is 0 Å². The van der Waals surface area contributed by atoms with Crippen LogP contribution in [0.5, 0.6) is 0 Å². The van der Waals surface area contributed by atoms with E-state index < -0.39 is 0 Å². The topological polar surface area (TPSA) is 44.1 Å². The zero-order valence-corrected chi connectivity index (χ0v) is 10.4. The quantitative estimate of drug-likeness (QED) is 0.495. The van der Waals surface area contributed by atoms with Crippen LogP contribution in [0.15, 0.2) is 30.3 Å². The van der Waals surface area contributed by atoms with E-state index in [2.05, 4.69) is 12.6 Å². The molecule has 0 fully saturated rings. The molecule has 0 spiro atoms. The Morgan fingerprint density at radius 1 is 1.38 bits per heavy atom. The van der Waals surface area contributed by atoms with E-state index in [1.165, 1.54) is 5.40 Å². The van der Waals surface area contributed by atoms with Crippen LogP contribution in [-0.2, 0) is 0 Å². The van der Waals surface area contributed by atoms with Gasteiger partial charge in [-0.2, -0.15) is 5.26 Å². The Morgan fingerprint density at radius 3 is 2.31 bits per heavy atom. The van der Waals surface area contributed by atoms with Crippen LogP contribution in [0.2, 0.25) is 0 Å². The van der Waals surface area contributed by atoms with E-state index in [-0.39, 0.29) is 5.78 Å². The standard InChI is InChI=1S/C11H15NO.CHNS/c1-12(2)9-8-11(13)10-6-4-3-5-7-10;2-1-3/h3-7H,8-9H2,1-2H3;3H. The maximum absolute atomic E-state index is 11.5. The molecule has 1 aromatic carbocycles. The van der Waals surface area contributed by atoms with Crippen LogP contribution in [0.1, 0.15) is 16.8 Å². The van der Waals surface area contributed by atoms with Gasteiger partial charge in [-0.05, 0) is 14.1 Å². The summed E-state index contributed by atoms with van der Waals surface area (Å²) in [6.45, 7) is 0.813. The number of rotatable bonds is 4. The lowest BCUT2D eigenvalue weighted by Gasteiger charge is -2.07. The van der Waals surface area contributed by atoms with Gasteiger partial charge in [0.05, 0.1) is 0 Å². The molecular formula is C12H16N2OS. The molecule has 0 radical (unpaired) electrons. The largest absolute Gasteiger partial charge is 0.309 e. The first kappa shape index (κ1) is 14.7. The number of thiocyanates is 1. The predicted molar refractivity (Wildman–Crippen MR) is 68.5 cm³/mol. The second-order valence-corrected chi connectivity index (χ2v) is 3.64. The molecule has 0 N–H and O–H groups in total. The molecule has 0 aromatic heterocycles. The van der Waals surface area contributed by atoms with Crippen LogP contribution < -0.4 is 0 Å². The number of Topliss-reactive ketones (excluding diaryl/α,β-unsaturated/α-hetero) is 1. The number of hydrogen-bond donors (Lipinski definition) is 1. The lowest BCUT2D eigenvalue weighted by Crippen LogP contribution is -2.16. The van der Waals surface area contributed by atoms with Crippen molar-refractivity contribution in [3.8, 4) is 5.40 Å². The molecule has 0 aliphatic carbocycles. The van der Waals surface area contributed by atoms with Gasteiger partial charge < -0.3 is 4.90 Å². The van der Waals surface area contributed by atoms with Crippen LogP contribution in [-0.4, -0.2) is 31.3 Å². The van der Waals surface area contributed by atoms with Crippen molar-refractivity contribution in [2.24, 2.45) is 0 Å². The Kier molecular flexibility index (Phi) is 8.22. The molecular weight excluding hydrogens is 220 g/mol. The van der Waals surface area contributed by atoms with Crippen molar-refractivity contribution in [1.82, 2.24) is 4.90 Å². The summed E-state index contributed by atoms with van der Waals surface area (Å²) in [7, 11) is 3.94. The SMILES string of the molecule is CN(C)CCC(=O)c1ccccc1.N#CS. The Morgan fingerprint density at radius 2 is 1.88 bits per heavy atom. The fourth-order valence-corrected chi connectivity index (χ4v) is 1.09. The second-order valence-electron chi connectivity index (χ2n) is 3.44. The first-order valence-corrected chi connectivity index (χ1v) is 5.32. The van der Waals surface area contributed by atoms with Crippen molar-refractivity contribution >= 4 is 18.4 Å². The van der Waals surface area contributed by atoms with E-state index in [0.29, 0.717) is 6.42 Å². The van der Waals surface area contributed by atoms with Crippen molar-refractivity contribution in [2.75, 3.05) is 20.6 Å². The monoisotopic (exact) mass is 236 g/mol. The summed E-state index contributed by atoms with van der Waals surface area (Å²) < 4.78 is 0. The first-order chi connectivity index (χ1) is 7.61. The van der Waals surface area contributed by atoms with Crippen molar-refractivity contribution in [2.45, 2.75) is 6.42 Å². The normalized spacial score (nSPS) is 8.94. The summed E-state index contributed by atoms with van der Waals surface area (Å²) in [5.74, 6) is 0.217.